The van der Waals surface area contributed by atoms with Crippen LogP contribution < -0.4 is 0 Å². The van der Waals surface area contributed by atoms with E-state index in [1.54, 1.807) is 18.2 Å². The highest BCUT2D eigenvalue weighted by molar-refractivity contribution is 5.91. The second kappa shape index (κ2) is 4.87. The molecule has 0 fully saturated rings. The fourth-order valence-electron chi connectivity index (χ4n) is 1.69. The Morgan fingerprint density at radius 1 is 1.28 bits per heavy atom. The van der Waals surface area contributed by atoms with Crippen molar-refractivity contribution >= 4 is 5.97 Å². The molecule has 0 aliphatic carbocycles. The molecular formula is C14H13NO3. The first-order chi connectivity index (χ1) is 8.61. The van der Waals surface area contributed by atoms with Crippen molar-refractivity contribution in [3.63, 3.8) is 0 Å². The van der Waals surface area contributed by atoms with E-state index in [9.17, 15) is 9.90 Å². The van der Waals surface area contributed by atoms with Gasteiger partial charge in [-0.3, -0.25) is 4.98 Å². The summed E-state index contributed by atoms with van der Waals surface area (Å²) >= 11 is 0. The molecule has 0 unspecified atom stereocenters. The van der Waals surface area contributed by atoms with Crippen molar-refractivity contribution in [3.05, 3.63) is 47.7 Å². The number of hydrogen-bond donors (Lipinski definition) is 1. The molecule has 0 aliphatic rings. The van der Waals surface area contributed by atoms with Gasteiger partial charge in [0.25, 0.3) is 0 Å². The second-order valence-electron chi connectivity index (χ2n) is 3.89. The van der Waals surface area contributed by atoms with Gasteiger partial charge in [-0.05, 0) is 37.3 Å². The molecule has 2 aromatic rings. The van der Waals surface area contributed by atoms with Crippen LogP contribution in [0, 0.1) is 6.92 Å². The Bertz CT molecular complexity index is 593. The van der Waals surface area contributed by atoms with Crippen LogP contribution in [0.15, 0.2) is 36.4 Å². The number of methoxy groups -OCH3 is 1. The molecule has 0 atom stereocenters. The number of phenolic OH excluding ortho intramolecular Hbond substituents is 1. The van der Waals surface area contributed by atoms with Crippen molar-refractivity contribution < 1.29 is 14.6 Å². The topological polar surface area (TPSA) is 59.4 Å². The van der Waals surface area contributed by atoms with Crippen LogP contribution in [0.5, 0.6) is 5.75 Å². The number of rotatable bonds is 2. The molecule has 1 aromatic carbocycles. The summed E-state index contributed by atoms with van der Waals surface area (Å²) in [4.78, 5) is 15.6. The van der Waals surface area contributed by atoms with E-state index in [0.29, 0.717) is 16.8 Å². The summed E-state index contributed by atoms with van der Waals surface area (Å²) in [7, 11) is 1.30. The maximum atomic E-state index is 11.3. The highest BCUT2D eigenvalue weighted by Crippen LogP contribution is 2.28. The van der Waals surface area contributed by atoms with E-state index in [4.69, 9.17) is 0 Å². The number of aromatic nitrogens is 1. The minimum atomic E-state index is -0.478. The molecule has 1 N–H and O–H groups in total. The first-order valence-electron chi connectivity index (χ1n) is 5.47. The molecule has 0 aliphatic heterocycles. The minimum absolute atomic E-state index is 0.0102. The normalized spacial score (nSPS) is 10.1. The van der Waals surface area contributed by atoms with Crippen molar-refractivity contribution in [3.8, 4) is 17.0 Å². The summed E-state index contributed by atoms with van der Waals surface area (Å²) in [5, 5.41) is 9.93. The Balaban J connectivity index is 2.45. The Kier molecular flexibility index (Phi) is 3.28. The van der Waals surface area contributed by atoms with Crippen LogP contribution in [0.2, 0.25) is 0 Å². The largest absolute Gasteiger partial charge is 0.507 e. The number of carbonyl (C=O) groups excluding carboxylic acids is 1. The first kappa shape index (κ1) is 12.1. The van der Waals surface area contributed by atoms with E-state index in [0.717, 1.165) is 5.69 Å². The van der Waals surface area contributed by atoms with Crippen molar-refractivity contribution in [2.75, 3.05) is 7.11 Å². The Morgan fingerprint density at radius 2 is 2.06 bits per heavy atom. The summed E-state index contributed by atoms with van der Waals surface area (Å²) in [6.45, 7) is 1.88. The maximum absolute atomic E-state index is 11.3. The summed E-state index contributed by atoms with van der Waals surface area (Å²) in [5.74, 6) is -0.468. The number of aryl methyl sites for hydroxylation is 1. The second-order valence-corrected chi connectivity index (χ2v) is 3.89. The fraction of sp³-hybridized carbons (Fsp3) is 0.143. The van der Waals surface area contributed by atoms with E-state index in [2.05, 4.69) is 9.72 Å². The lowest BCUT2D eigenvalue weighted by molar-refractivity contribution is 0.0600. The average Bonchev–Trinajstić information content (AvgIpc) is 2.37. The molecule has 4 nitrogen and oxygen atoms in total. The van der Waals surface area contributed by atoms with Crippen LogP contribution in [0.25, 0.3) is 11.3 Å². The van der Waals surface area contributed by atoms with Crippen molar-refractivity contribution in [2.24, 2.45) is 0 Å². The average molecular weight is 243 g/mol. The summed E-state index contributed by atoms with van der Waals surface area (Å²) in [5.41, 5.74) is 2.44. The van der Waals surface area contributed by atoms with Gasteiger partial charge in [0.15, 0.2) is 0 Å². The van der Waals surface area contributed by atoms with E-state index in [1.807, 2.05) is 19.1 Å². The lowest BCUT2D eigenvalue weighted by Gasteiger charge is -2.06. The molecule has 0 amide bonds. The van der Waals surface area contributed by atoms with Crippen molar-refractivity contribution in [1.82, 2.24) is 4.98 Å². The van der Waals surface area contributed by atoms with E-state index < -0.39 is 5.97 Å². The molecule has 4 heteroatoms. The third kappa shape index (κ3) is 2.32. The van der Waals surface area contributed by atoms with Gasteiger partial charge in [-0.25, -0.2) is 4.79 Å². The van der Waals surface area contributed by atoms with Gasteiger partial charge in [0.05, 0.1) is 18.4 Å². The Morgan fingerprint density at radius 3 is 2.67 bits per heavy atom. The van der Waals surface area contributed by atoms with Crippen LogP contribution in [-0.2, 0) is 4.74 Å². The smallest absolute Gasteiger partial charge is 0.337 e. The van der Waals surface area contributed by atoms with Crippen molar-refractivity contribution in [2.45, 2.75) is 6.92 Å². The SMILES string of the molecule is COC(=O)c1ccc(-c2cccc(C)n2)c(O)c1. The zero-order valence-corrected chi connectivity index (χ0v) is 10.2. The molecule has 0 radical (unpaired) electrons. The van der Waals surface area contributed by atoms with E-state index in [-0.39, 0.29) is 5.75 Å². The number of carbonyl (C=O) groups is 1. The number of hydrogen-bond acceptors (Lipinski definition) is 4. The molecule has 0 saturated heterocycles. The van der Waals surface area contributed by atoms with Crippen LogP contribution in [0.1, 0.15) is 16.1 Å². The summed E-state index contributed by atoms with van der Waals surface area (Å²) in [6, 6.07) is 10.2. The quantitative estimate of drug-likeness (QED) is 0.823. The van der Waals surface area contributed by atoms with Gasteiger partial charge in [0, 0.05) is 11.3 Å². The number of pyridine rings is 1. The van der Waals surface area contributed by atoms with Crippen molar-refractivity contribution in [1.29, 1.82) is 0 Å². The highest BCUT2D eigenvalue weighted by Gasteiger charge is 2.11. The molecule has 0 bridgehead atoms. The summed E-state index contributed by atoms with van der Waals surface area (Å²) < 4.78 is 4.59. The lowest BCUT2D eigenvalue weighted by atomic mass is 10.1. The third-order valence-electron chi connectivity index (χ3n) is 2.58. The maximum Gasteiger partial charge on any atom is 0.337 e. The van der Waals surface area contributed by atoms with Crippen LogP contribution >= 0.6 is 0 Å². The van der Waals surface area contributed by atoms with Gasteiger partial charge < -0.3 is 9.84 Å². The van der Waals surface area contributed by atoms with Crippen LogP contribution in [0.3, 0.4) is 0 Å². The standard InChI is InChI=1S/C14H13NO3/c1-9-4-3-5-12(15-9)11-7-6-10(8-13(11)16)14(17)18-2/h3-8,16H,1-2H3. The van der Waals surface area contributed by atoms with Crippen LogP contribution in [0.4, 0.5) is 0 Å². The number of aromatic hydroxyl groups is 1. The molecular weight excluding hydrogens is 230 g/mol. The molecule has 92 valence electrons. The third-order valence-corrected chi connectivity index (χ3v) is 2.58. The highest BCUT2D eigenvalue weighted by atomic mass is 16.5. The van der Waals surface area contributed by atoms with Gasteiger partial charge >= 0.3 is 5.97 Å². The van der Waals surface area contributed by atoms with Gasteiger partial charge in [-0.1, -0.05) is 6.07 Å². The fourth-order valence-corrected chi connectivity index (χ4v) is 1.69. The number of esters is 1. The first-order valence-corrected chi connectivity index (χ1v) is 5.47. The van der Waals surface area contributed by atoms with Gasteiger partial charge in [0.1, 0.15) is 5.75 Å². The van der Waals surface area contributed by atoms with E-state index >= 15 is 0 Å². The molecule has 0 saturated carbocycles. The molecule has 0 spiro atoms. The summed E-state index contributed by atoms with van der Waals surface area (Å²) in [6.07, 6.45) is 0. The lowest BCUT2D eigenvalue weighted by Crippen LogP contribution is -2.00. The number of nitrogens with zero attached hydrogens (tertiary/aromatic N) is 1. The predicted molar refractivity (Wildman–Crippen MR) is 67.4 cm³/mol. The molecule has 18 heavy (non-hydrogen) atoms. The molecule has 1 aromatic heterocycles. The zero-order chi connectivity index (χ0) is 13.1. The number of benzene rings is 1. The zero-order valence-electron chi connectivity index (χ0n) is 10.2. The van der Waals surface area contributed by atoms with Gasteiger partial charge in [-0.2, -0.15) is 0 Å². The number of phenols is 1. The predicted octanol–water partition coefficient (Wildman–Crippen LogP) is 2.55. The minimum Gasteiger partial charge on any atom is -0.507 e. The van der Waals surface area contributed by atoms with Gasteiger partial charge in [-0.15, -0.1) is 0 Å². The van der Waals surface area contributed by atoms with E-state index in [1.165, 1.54) is 13.2 Å². The van der Waals surface area contributed by atoms with Crippen LogP contribution in [-0.4, -0.2) is 23.2 Å². The monoisotopic (exact) mass is 243 g/mol. The number of ether oxygens (including phenoxy) is 1. The molecule has 1 heterocycles. The Hall–Kier alpha value is -2.36. The Labute approximate surface area is 105 Å². The van der Waals surface area contributed by atoms with Gasteiger partial charge in [0.2, 0.25) is 0 Å². The molecule has 2 rings (SSSR count).